The highest BCUT2D eigenvalue weighted by Crippen LogP contribution is 2.08. The van der Waals surface area contributed by atoms with Crippen molar-refractivity contribution < 1.29 is 5.11 Å². The minimum Gasteiger partial charge on any atom is -0.491 e. The highest BCUT2D eigenvalue weighted by molar-refractivity contribution is 5.51. The second-order valence-electron chi connectivity index (χ2n) is 1.72. The molecule has 6 heteroatoms. The third kappa shape index (κ3) is 0.524. The summed E-state index contributed by atoms with van der Waals surface area (Å²) >= 11 is 0. The Morgan fingerprint density at radius 3 is 3.10 bits per heavy atom. The number of hydrogen-bond acceptors (Lipinski definition) is 5. The molecule has 50 valence electrons. The standard InChI is InChI=1S/C4H3N5O/c10-4-3-1-5-8-9(3)2-6-7-4/h1-2H,(H,7,10). The molecule has 0 aliphatic heterocycles. The molecular formula is C4H3N5O. The molecule has 0 saturated carbocycles. The number of nitrogens with zero attached hydrogens (tertiary/aromatic N) is 5. The van der Waals surface area contributed by atoms with Gasteiger partial charge in [0, 0.05) is 0 Å². The maximum Gasteiger partial charge on any atom is 0.259 e. The van der Waals surface area contributed by atoms with Crippen LogP contribution in [0.15, 0.2) is 12.5 Å². The molecular weight excluding hydrogens is 134 g/mol. The van der Waals surface area contributed by atoms with E-state index < -0.39 is 0 Å². The third-order valence-electron chi connectivity index (χ3n) is 1.12. The van der Waals surface area contributed by atoms with Crippen molar-refractivity contribution in [1.29, 1.82) is 0 Å². The van der Waals surface area contributed by atoms with E-state index in [9.17, 15) is 0 Å². The van der Waals surface area contributed by atoms with Gasteiger partial charge in [0.15, 0.2) is 5.52 Å². The Bertz CT molecular complexity index is 355. The number of rotatable bonds is 0. The van der Waals surface area contributed by atoms with E-state index in [0.717, 1.165) is 0 Å². The van der Waals surface area contributed by atoms with Crippen molar-refractivity contribution in [3.8, 4) is 5.88 Å². The second kappa shape index (κ2) is 1.63. The predicted octanol–water partition coefficient (Wildman–Crippen LogP) is -0.775. The Hall–Kier alpha value is -1.72. The average Bonchev–Trinajstić information content (AvgIpc) is 2.36. The van der Waals surface area contributed by atoms with Crippen LogP contribution in [0.3, 0.4) is 0 Å². The zero-order chi connectivity index (χ0) is 6.97. The fourth-order valence-corrected chi connectivity index (χ4v) is 0.670. The van der Waals surface area contributed by atoms with Gasteiger partial charge in [0.05, 0.1) is 6.20 Å². The topological polar surface area (TPSA) is 76.2 Å². The smallest absolute Gasteiger partial charge is 0.259 e. The van der Waals surface area contributed by atoms with Crippen LogP contribution in [-0.4, -0.2) is 30.1 Å². The molecule has 2 heterocycles. The van der Waals surface area contributed by atoms with Gasteiger partial charge in [0.25, 0.3) is 5.88 Å². The maximum atomic E-state index is 8.99. The van der Waals surface area contributed by atoms with Gasteiger partial charge < -0.3 is 5.11 Å². The average molecular weight is 137 g/mol. The summed E-state index contributed by atoms with van der Waals surface area (Å²) in [5.74, 6) is -0.160. The largest absolute Gasteiger partial charge is 0.491 e. The molecule has 0 aromatic carbocycles. The molecule has 2 aromatic heterocycles. The normalized spacial score (nSPS) is 10.4. The summed E-state index contributed by atoms with van der Waals surface area (Å²) in [5, 5.41) is 22.9. The summed E-state index contributed by atoms with van der Waals surface area (Å²) in [6, 6.07) is 0. The van der Waals surface area contributed by atoms with E-state index in [4.69, 9.17) is 5.11 Å². The van der Waals surface area contributed by atoms with Crippen LogP contribution in [0.2, 0.25) is 0 Å². The first kappa shape index (κ1) is 5.10. The Morgan fingerprint density at radius 2 is 2.30 bits per heavy atom. The van der Waals surface area contributed by atoms with Crippen molar-refractivity contribution in [2.75, 3.05) is 0 Å². The molecule has 0 spiro atoms. The summed E-state index contributed by atoms with van der Waals surface area (Å²) in [4.78, 5) is 0. The van der Waals surface area contributed by atoms with Crippen LogP contribution in [0.4, 0.5) is 0 Å². The molecule has 2 rings (SSSR count). The summed E-state index contributed by atoms with van der Waals surface area (Å²) in [6.45, 7) is 0. The van der Waals surface area contributed by atoms with Gasteiger partial charge in [-0.3, -0.25) is 0 Å². The zero-order valence-electron chi connectivity index (χ0n) is 4.84. The van der Waals surface area contributed by atoms with Gasteiger partial charge in [0.2, 0.25) is 0 Å². The molecule has 2 aromatic rings. The van der Waals surface area contributed by atoms with Crippen LogP contribution >= 0.6 is 0 Å². The molecule has 0 aliphatic rings. The van der Waals surface area contributed by atoms with Crippen molar-refractivity contribution in [2.24, 2.45) is 0 Å². The molecule has 10 heavy (non-hydrogen) atoms. The Balaban J connectivity index is 2.95. The minimum atomic E-state index is -0.160. The summed E-state index contributed by atoms with van der Waals surface area (Å²) < 4.78 is 1.34. The lowest BCUT2D eigenvalue weighted by Gasteiger charge is -1.88. The van der Waals surface area contributed by atoms with E-state index >= 15 is 0 Å². The Labute approximate surface area is 55.1 Å². The van der Waals surface area contributed by atoms with E-state index in [-0.39, 0.29) is 5.88 Å². The monoisotopic (exact) mass is 137 g/mol. The SMILES string of the molecule is Oc1nncn2nncc12. The van der Waals surface area contributed by atoms with Gasteiger partial charge in [-0.2, -0.15) is 4.52 Å². The van der Waals surface area contributed by atoms with E-state index in [1.54, 1.807) is 0 Å². The highest BCUT2D eigenvalue weighted by atomic mass is 16.3. The van der Waals surface area contributed by atoms with Gasteiger partial charge in [-0.05, 0) is 0 Å². The number of hydrogen-bond donors (Lipinski definition) is 1. The van der Waals surface area contributed by atoms with Gasteiger partial charge in [-0.1, -0.05) is 5.21 Å². The number of aromatic nitrogens is 5. The van der Waals surface area contributed by atoms with Crippen LogP contribution in [0.25, 0.3) is 5.52 Å². The van der Waals surface area contributed by atoms with Gasteiger partial charge in [-0.25, -0.2) is 0 Å². The van der Waals surface area contributed by atoms with Crippen LogP contribution in [0, 0.1) is 0 Å². The van der Waals surface area contributed by atoms with Crippen LogP contribution in [0.5, 0.6) is 5.88 Å². The van der Waals surface area contributed by atoms with Crippen LogP contribution in [-0.2, 0) is 0 Å². The number of fused-ring (bicyclic) bond motifs is 1. The molecule has 0 aliphatic carbocycles. The molecule has 0 fully saturated rings. The van der Waals surface area contributed by atoms with Crippen molar-refractivity contribution in [3.05, 3.63) is 12.5 Å². The maximum absolute atomic E-state index is 8.99. The van der Waals surface area contributed by atoms with Crippen molar-refractivity contribution in [3.63, 3.8) is 0 Å². The van der Waals surface area contributed by atoms with E-state index in [1.807, 2.05) is 0 Å². The molecule has 1 N–H and O–H groups in total. The van der Waals surface area contributed by atoms with E-state index in [0.29, 0.717) is 5.52 Å². The molecule has 0 atom stereocenters. The Kier molecular flexibility index (Phi) is 0.830. The zero-order valence-corrected chi connectivity index (χ0v) is 4.84. The third-order valence-corrected chi connectivity index (χ3v) is 1.12. The van der Waals surface area contributed by atoms with E-state index in [1.165, 1.54) is 17.0 Å². The fraction of sp³-hybridized carbons (Fsp3) is 0. The van der Waals surface area contributed by atoms with Crippen molar-refractivity contribution >= 4 is 5.52 Å². The lowest BCUT2D eigenvalue weighted by atomic mass is 10.6. The first-order valence-electron chi connectivity index (χ1n) is 2.58. The summed E-state index contributed by atoms with van der Waals surface area (Å²) in [5.41, 5.74) is 0.454. The van der Waals surface area contributed by atoms with Gasteiger partial charge >= 0.3 is 0 Å². The highest BCUT2D eigenvalue weighted by Gasteiger charge is 2.00. The molecule has 0 radical (unpaired) electrons. The van der Waals surface area contributed by atoms with Gasteiger partial charge in [-0.15, -0.1) is 15.3 Å². The molecule has 0 saturated heterocycles. The fourth-order valence-electron chi connectivity index (χ4n) is 0.670. The predicted molar refractivity (Wildman–Crippen MR) is 30.2 cm³/mol. The van der Waals surface area contributed by atoms with Gasteiger partial charge in [0.1, 0.15) is 6.33 Å². The molecule has 0 bridgehead atoms. The van der Waals surface area contributed by atoms with Crippen LogP contribution < -0.4 is 0 Å². The molecule has 0 unspecified atom stereocenters. The summed E-state index contributed by atoms with van der Waals surface area (Å²) in [7, 11) is 0. The quantitative estimate of drug-likeness (QED) is 0.515. The van der Waals surface area contributed by atoms with E-state index in [2.05, 4.69) is 20.5 Å². The lowest BCUT2D eigenvalue weighted by Crippen LogP contribution is -1.91. The first-order valence-corrected chi connectivity index (χ1v) is 2.58. The molecule has 6 nitrogen and oxygen atoms in total. The van der Waals surface area contributed by atoms with Crippen molar-refractivity contribution in [1.82, 2.24) is 25.0 Å². The number of aromatic hydroxyl groups is 1. The van der Waals surface area contributed by atoms with Crippen molar-refractivity contribution in [2.45, 2.75) is 0 Å². The lowest BCUT2D eigenvalue weighted by molar-refractivity contribution is 0.446. The Morgan fingerprint density at radius 1 is 1.40 bits per heavy atom. The minimum absolute atomic E-state index is 0.160. The van der Waals surface area contributed by atoms with Crippen LogP contribution in [0.1, 0.15) is 0 Å². The molecule has 0 amide bonds. The second-order valence-corrected chi connectivity index (χ2v) is 1.72. The first-order chi connectivity index (χ1) is 4.88. The summed E-state index contributed by atoms with van der Waals surface area (Å²) in [6.07, 6.45) is 2.77.